The fourth-order valence-electron chi connectivity index (χ4n) is 1.34. The largest absolute Gasteiger partial charge is 0.361 e. The lowest BCUT2D eigenvalue weighted by Crippen LogP contribution is -1.93. The molecule has 0 unspecified atom stereocenters. The average Bonchev–Trinajstić information content (AvgIpc) is 2.48. The number of H-pyrrole nitrogens is 1. The summed E-state index contributed by atoms with van der Waals surface area (Å²) < 4.78 is 0.895. The summed E-state index contributed by atoms with van der Waals surface area (Å²) in [6.07, 6.45) is 1.91. The number of hydrogen-bond acceptors (Lipinski definition) is 1. The van der Waals surface area contributed by atoms with Gasteiger partial charge in [-0.3, -0.25) is 0 Å². The smallest absolute Gasteiger partial charge is 0.0555 e. The Labute approximate surface area is 89.2 Å². The highest BCUT2D eigenvalue weighted by atomic mass is 79.9. The van der Waals surface area contributed by atoms with Gasteiger partial charge in [0.05, 0.1) is 5.02 Å². The molecule has 0 radical (unpaired) electrons. The number of rotatable bonds is 1. The molecule has 68 valence electrons. The van der Waals surface area contributed by atoms with E-state index in [1.807, 2.05) is 18.3 Å². The number of halogens is 2. The minimum Gasteiger partial charge on any atom is -0.361 e. The standard InChI is InChI=1S/C9H8BrClN2/c10-7-2-9-6(1-8(7)11)5(3-12)4-13-9/h1-2,4,13H,3,12H2. The number of fused-ring (bicyclic) bond motifs is 1. The van der Waals surface area contributed by atoms with Gasteiger partial charge in [0.15, 0.2) is 0 Å². The molecule has 0 saturated carbocycles. The van der Waals surface area contributed by atoms with Crippen molar-refractivity contribution in [2.75, 3.05) is 0 Å². The summed E-state index contributed by atoms with van der Waals surface area (Å²) in [7, 11) is 0. The van der Waals surface area contributed by atoms with Crippen LogP contribution >= 0.6 is 27.5 Å². The van der Waals surface area contributed by atoms with Gasteiger partial charge < -0.3 is 10.7 Å². The minimum atomic E-state index is 0.526. The second kappa shape index (κ2) is 3.33. The summed E-state index contributed by atoms with van der Waals surface area (Å²) in [5.74, 6) is 0. The monoisotopic (exact) mass is 258 g/mol. The lowest BCUT2D eigenvalue weighted by atomic mass is 10.2. The van der Waals surface area contributed by atoms with Crippen molar-refractivity contribution in [1.82, 2.24) is 4.98 Å². The zero-order chi connectivity index (χ0) is 9.42. The van der Waals surface area contributed by atoms with Crippen LogP contribution in [0.15, 0.2) is 22.8 Å². The van der Waals surface area contributed by atoms with Crippen LogP contribution < -0.4 is 5.73 Å². The maximum Gasteiger partial charge on any atom is 0.0555 e. The molecule has 4 heteroatoms. The number of aromatic nitrogens is 1. The first-order valence-electron chi connectivity index (χ1n) is 3.87. The van der Waals surface area contributed by atoms with E-state index in [0.717, 1.165) is 20.9 Å². The fraction of sp³-hybridized carbons (Fsp3) is 0.111. The van der Waals surface area contributed by atoms with Crippen molar-refractivity contribution in [3.8, 4) is 0 Å². The van der Waals surface area contributed by atoms with E-state index in [2.05, 4.69) is 20.9 Å². The van der Waals surface area contributed by atoms with Crippen molar-refractivity contribution in [3.63, 3.8) is 0 Å². The lowest BCUT2D eigenvalue weighted by molar-refractivity contribution is 1.08. The Morgan fingerprint density at radius 3 is 2.92 bits per heavy atom. The third-order valence-electron chi connectivity index (χ3n) is 2.03. The summed E-state index contributed by atoms with van der Waals surface area (Å²) in [6.45, 7) is 0.526. The molecule has 0 fully saturated rings. The summed E-state index contributed by atoms with van der Waals surface area (Å²) >= 11 is 9.34. The lowest BCUT2D eigenvalue weighted by Gasteiger charge is -1.97. The molecule has 0 bridgehead atoms. The molecule has 0 aliphatic carbocycles. The maximum atomic E-state index is 5.97. The van der Waals surface area contributed by atoms with Crippen molar-refractivity contribution < 1.29 is 0 Å². The Kier molecular flexibility index (Phi) is 2.32. The van der Waals surface area contributed by atoms with Crippen LogP contribution in [0.3, 0.4) is 0 Å². The predicted octanol–water partition coefficient (Wildman–Crippen LogP) is 3.04. The van der Waals surface area contributed by atoms with Crippen LogP contribution in [0.25, 0.3) is 10.9 Å². The van der Waals surface area contributed by atoms with Crippen LogP contribution in [0.1, 0.15) is 5.56 Å². The van der Waals surface area contributed by atoms with E-state index >= 15 is 0 Å². The summed E-state index contributed by atoms with van der Waals surface area (Å²) in [5, 5.41) is 1.80. The molecule has 0 aliphatic rings. The van der Waals surface area contributed by atoms with Crippen LogP contribution in [0.2, 0.25) is 5.02 Å². The Morgan fingerprint density at radius 1 is 1.46 bits per heavy atom. The first kappa shape index (κ1) is 9.06. The van der Waals surface area contributed by atoms with Crippen LogP contribution in [0.4, 0.5) is 0 Å². The molecule has 0 atom stereocenters. The van der Waals surface area contributed by atoms with Gasteiger partial charge in [0.2, 0.25) is 0 Å². The van der Waals surface area contributed by atoms with Gasteiger partial charge in [0.25, 0.3) is 0 Å². The van der Waals surface area contributed by atoms with Crippen molar-refractivity contribution in [1.29, 1.82) is 0 Å². The zero-order valence-electron chi connectivity index (χ0n) is 6.77. The minimum absolute atomic E-state index is 0.526. The van der Waals surface area contributed by atoms with Crippen LogP contribution in [-0.2, 0) is 6.54 Å². The van der Waals surface area contributed by atoms with Gasteiger partial charge in [-0.2, -0.15) is 0 Å². The number of nitrogens with one attached hydrogen (secondary N) is 1. The third kappa shape index (κ3) is 1.47. The highest BCUT2D eigenvalue weighted by molar-refractivity contribution is 9.10. The van der Waals surface area contributed by atoms with E-state index in [1.165, 1.54) is 0 Å². The van der Waals surface area contributed by atoms with Crippen molar-refractivity contribution >= 4 is 38.4 Å². The number of hydrogen-bond donors (Lipinski definition) is 2. The molecule has 0 amide bonds. The fourth-order valence-corrected chi connectivity index (χ4v) is 1.85. The molecule has 1 aromatic heterocycles. The quantitative estimate of drug-likeness (QED) is 0.812. The van der Waals surface area contributed by atoms with Crippen molar-refractivity contribution in [2.24, 2.45) is 5.73 Å². The topological polar surface area (TPSA) is 41.8 Å². The van der Waals surface area contributed by atoms with Gasteiger partial charge in [0, 0.05) is 28.1 Å². The van der Waals surface area contributed by atoms with Crippen molar-refractivity contribution in [2.45, 2.75) is 6.54 Å². The van der Waals surface area contributed by atoms with Gasteiger partial charge in [0.1, 0.15) is 0 Å². The zero-order valence-corrected chi connectivity index (χ0v) is 9.11. The normalized spacial score (nSPS) is 11.0. The predicted molar refractivity (Wildman–Crippen MR) is 58.9 cm³/mol. The highest BCUT2D eigenvalue weighted by Gasteiger charge is 2.05. The average molecular weight is 260 g/mol. The second-order valence-electron chi connectivity index (χ2n) is 2.83. The molecule has 2 rings (SSSR count). The van der Waals surface area contributed by atoms with E-state index < -0.39 is 0 Å². The Balaban J connectivity index is 2.77. The maximum absolute atomic E-state index is 5.97. The number of benzene rings is 1. The summed E-state index contributed by atoms with van der Waals surface area (Å²) in [4.78, 5) is 3.14. The van der Waals surface area contributed by atoms with E-state index in [-0.39, 0.29) is 0 Å². The molecule has 0 spiro atoms. The van der Waals surface area contributed by atoms with Gasteiger partial charge in [-0.25, -0.2) is 0 Å². The second-order valence-corrected chi connectivity index (χ2v) is 4.09. The van der Waals surface area contributed by atoms with Crippen LogP contribution in [0, 0.1) is 0 Å². The molecule has 13 heavy (non-hydrogen) atoms. The Hall–Kier alpha value is -0.510. The number of aromatic amines is 1. The first-order chi connectivity index (χ1) is 6.22. The molecule has 2 nitrogen and oxygen atoms in total. The van der Waals surface area contributed by atoms with Crippen LogP contribution in [0.5, 0.6) is 0 Å². The van der Waals surface area contributed by atoms with Gasteiger partial charge in [-0.15, -0.1) is 0 Å². The molecule has 0 saturated heterocycles. The number of nitrogens with two attached hydrogens (primary N) is 1. The highest BCUT2D eigenvalue weighted by Crippen LogP contribution is 2.29. The molecule has 3 N–H and O–H groups in total. The summed E-state index contributed by atoms with van der Waals surface area (Å²) in [6, 6.07) is 3.87. The molecule has 0 aliphatic heterocycles. The summed E-state index contributed by atoms with van der Waals surface area (Å²) in [5.41, 5.74) is 7.71. The Bertz CT molecular complexity index is 450. The molecule has 1 heterocycles. The van der Waals surface area contributed by atoms with E-state index in [0.29, 0.717) is 11.6 Å². The van der Waals surface area contributed by atoms with E-state index in [9.17, 15) is 0 Å². The van der Waals surface area contributed by atoms with Gasteiger partial charge in [-0.05, 0) is 33.6 Å². The van der Waals surface area contributed by atoms with E-state index in [4.69, 9.17) is 17.3 Å². The van der Waals surface area contributed by atoms with Gasteiger partial charge >= 0.3 is 0 Å². The first-order valence-corrected chi connectivity index (χ1v) is 5.04. The molecular formula is C9H8BrClN2. The van der Waals surface area contributed by atoms with Crippen LogP contribution in [-0.4, -0.2) is 4.98 Å². The molecule has 1 aromatic carbocycles. The third-order valence-corrected chi connectivity index (χ3v) is 3.23. The molecular weight excluding hydrogens is 251 g/mol. The SMILES string of the molecule is NCc1c[nH]c2cc(Br)c(Cl)cc12. The van der Waals surface area contributed by atoms with E-state index in [1.54, 1.807) is 0 Å². The van der Waals surface area contributed by atoms with Crippen molar-refractivity contribution in [3.05, 3.63) is 33.4 Å². The Morgan fingerprint density at radius 2 is 2.23 bits per heavy atom. The van der Waals surface area contributed by atoms with Gasteiger partial charge in [-0.1, -0.05) is 11.6 Å². The molecule has 2 aromatic rings.